The van der Waals surface area contributed by atoms with Crippen LogP contribution in [0.15, 0.2) is 146 Å². The van der Waals surface area contributed by atoms with Crippen molar-refractivity contribution >= 4 is 26.5 Å². The smallest absolute Gasteiger partial charge is 0.214 e. The fourth-order valence-corrected chi connectivity index (χ4v) is 13.3. The molecule has 254 valence electrons. The molecule has 0 heterocycles. The van der Waals surface area contributed by atoms with E-state index in [1.165, 1.54) is 49.6 Å². The van der Waals surface area contributed by atoms with Crippen molar-refractivity contribution in [2.45, 2.75) is 78.0 Å². The molecule has 0 aliphatic carbocycles. The van der Waals surface area contributed by atoms with Gasteiger partial charge in [0.15, 0.2) is 0 Å². The number of hydrogen-bond acceptors (Lipinski definition) is 0. The molecule has 6 aromatic rings. The van der Waals surface area contributed by atoms with Gasteiger partial charge in [0.25, 0.3) is 0 Å². The summed E-state index contributed by atoms with van der Waals surface area (Å²) in [5, 5.41) is 3.46. The molecule has 6 rings (SSSR count). The van der Waals surface area contributed by atoms with Crippen LogP contribution in [0.3, 0.4) is 0 Å². The Morgan fingerprint density at radius 3 is 1.49 bits per heavy atom. The van der Waals surface area contributed by atoms with Crippen LogP contribution in [0.5, 0.6) is 0 Å². The summed E-state index contributed by atoms with van der Waals surface area (Å²) in [4.78, 5) is 0. The van der Waals surface area contributed by atoms with Gasteiger partial charge < -0.3 is 0 Å². The SMILES string of the molecule is Cc1ccccc1P(Cc1cc(-c2ccccc2)[c-](-c2ccccc2)c1CP(C(C)(C)C)C(C)(C)C)c1ccccc1C.[Fe+2].c1cc[cH-]c1. The van der Waals surface area contributed by atoms with E-state index in [0.29, 0.717) is 0 Å². The maximum atomic E-state index is 2.57. The quantitative estimate of drug-likeness (QED) is 0.0834. The van der Waals surface area contributed by atoms with Crippen LogP contribution < -0.4 is 10.6 Å². The second-order valence-electron chi connectivity index (χ2n) is 14.7. The van der Waals surface area contributed by atoms with Gasteiger partial charge in [-0.3, -0.25) is 0 Å². The third-order valence-corrected chi connectivity index (χ3v) is 15.8. The molecular weight excluding hydrogens is 670 g/mol. The van der Waals surface area contributed by atoms with Crippen LogP contribution in [-0.2, 0) is 29.4 Å². The molecule has 0 aliphatic heterocycles. The minimum Gasteiger partial charge on any atom is -0.214 e. The molecule has 49 heavy (non-hydrogen) atoms. The zero-order valence-corrected chi connectivity index (χ0v) is 33.4. The molecule has 0 atom stereocenters. The molecule has 0 fully saturated rings. The van der Waals surface area contributed by atoms with Gasteiger partial charge in [0.1, 0.15) is 0 Å². The summed E-state index contributed by atoms with van der Waals surface area (Å²) in [5.74, 6) is 0. The van der Waals surface area contributed by atoms with E-state index in [4.69, 9.17) is 0 Å². The number of rotatable bonds is 8. The maximum Gasteiger partial charge on any atom is 2.00 e. The van der Waals surface area contributed by atoms with Crippen LogP contribution in [0.2, 0.25) is 0 Å². The topological polar surface area (TPSA) is 0 Å². The summed E-state index contributed by atoms with van der Waals surface area (Å²) < 4.78 is 0. The van der Waals surface area contributed by atoms with E-state index in [1.807, 2.05) is 30.3 Å². The van der Waals surface area contributed by atoms with Gasteiger partial charge >= 0.3 is 17.1 Å². The molecule has 0 aromatic heterocycles. The zero-order valence-electron chi connectivity index (χ0n) is 30.5. The van der Waals surface area contributed by atoms with E-state index in [9.17, 15) is 0 Å². The molecule has 0 bridgehead atoms. The second kappa shape index (κ2) is 17.3. The van der Waals surface area contributed by atoms with Crippen molar-refractivity contribution in [2.75, 3.05) is 0 Å². The van der Waals surface area contributed by atoms with Crippen molar-refractivity contribution in [3.8, 4) is 22.3 Å². The van der Waals surface area contributed by atoms with Crippen molar-refractivity contribution in [3.63, 3.8) is 0 Å². The summed E-state index contributed by atoms with van der Waals surface area (Å²) in [6.45, 7) is 19.3. The van der Waals surface area contributed by atoms with Gasteiger partial charge in [-0.2, -0.15) is 18.2 Å². The molecule has 0 saturated carbocycles. The van der Waals surface area contributed by atoms with Gasteiger partial charge in [0.2, 0.25) is 0 Å². The predicted molar refractivity (Wildman–Crippen MR) is 217 cm³/mol. The molecule has 6 aromatic carbocycles. The van der Waals surface area contributed by atoms with Gasteiger partial charge in [-0.1, -0.05) is 169 Å². The van der Waals surface area contributed by atoms with Crippen molar-refractivity contribution in [2.24, 2.45) is 0 Å². The van der Waals surface area contributed by atoms with Gasteiger partial charge in [-0.05, 0) is 66.1 Å². The molecule has 0 nitrogen and oxygen atoms in total. The van der Waals surface area contributed by atoms with Crippen molar-refractivity contribution in [3.05, 3.63) is 168 Å². The normalized spacial score (nSPS) is 11.6. The summed E-state index contributed by atoms with van der Waals surface area (Å²) in [6, 6.07) is 53.0. The number of benzene rings is 4. The van der Waals surface area contributed by atoms with Crippen molar-refractivity contribution in [1.82, 2.24) is 0 Å². The Kier molecular flexibility index (Phi) is 13.6. The molecule has 0 saturated heterocycles. The third kappa shape index (κ3) is 9.81. The van der Waals surface area contributed by atoms with Crippen LogP contribution >= 0.6 is 15.8 Å². The molecule has 0 spiro atoms. The Balaban J connectivity index is 0.000000826. The maximum absolute atomic E-state index is 2.57. The minimum absolute atomic E-state index is 0. The number of hydrogen-bond donors (Lipinski definition) is 0. The summed E-state index contributed by atoms with van der Waals surface area (Å²) in [7, 11) is -0.932. The molecule has 0 aliphatic rings. The van der Waals surface area contributed by atoms with Crippen LogP contribution in [0.25, 0.3) is 22.3 Å². The summed E-state index contributed by atoms with van der Waals surface area (Å²) in [6.07, 6.45) is 2.17. The average Bonchev–Trinajstić information content (AvgIpc) is 3.76. The van der Waals surface area contributed by atoms with E-state index in [-0.39, 0.29) is 35.3 Å². The molecule has 0 unspecified atom stereocenters. The first-order valence-corrected chi connectivity index (χ1v) is 20.3. The van der Waals surface area contributed by atoms with Crippen LogP contribution in [0.1, 0.15) is 63.8 Å². The van der Waals surface area contributed by atoms with Gasteiger partial charge in [0.05, 0.1) is 0 Å². The Hall–Kier alpha value is -3.04. The van der Waals surface area contributed by atoms with Crippen molar-refractivity contribution in [1.29, 1.82) is 0 Å². The monoisotopic (exact) mass is 722 g/mol. The first-order valence-electron chi connectivity index (χ1n) is 17.2. The van der Waals surface area contributed by atoms with Crippen LogP contribution in [0, 0.1) is 13.8 Å². The van der Waals surface area contributed by atoms with E-state index in [0.717, 1.165) is 12.3 Å². The average molecular weight is 723 g/mol. The predicted octanol–water partition coefficient (Wildman–Crippen LogP) is 13.0. The largest absolute Gasteiger partial charge is 2.00 e. The van der Waals surface area contributed by atoms with Gasteiger partial charge in [-0.15, -0.1) is 29.3 Å². The number of aryl methyl sites for hydroxylation is 2. The minimum atomic E-state index is -0.596. The molecule has 0 N–H and O–H groups in total. The molecule has 0 radical (unpaired) electrons. The van der Waals surface area contributed by atoms with Crippen LogP contribution in [0.4, 0.5) is 0 Å². The standard InChI is InChI=1S/C41H47P2.C5H5.Fe/c1-30-19-15-17-25-37(30)42(38-26-18-16-20-31(38)2)28-34-27-35(32-21-11-9-12-22-32)39(33-23-13-10-14-24-33)36(34)29-43(40(3,4)5)41(6,7)8;1-2-4-5-3-1;/h9-27H,28-29H2,1-8H3;1-5H;/q2*-1;+2. The Morgan fingerprint density at radius 2 is 1.04 bits per heavy atom. The fraction of sp³-hybridized carbons (Fsp3) is 0.261. The first kappa shape index (κ1) is 38.8. The van der Waals surface area contributed by atoms with E-state index in [1.54, 1.807) is 5.56 Å². The van der Waals surface area contributed by atoms with Gasteiger partial charge in [0, 0.05) is 0 Å². The Labute approximate surface area is 310 Å². The van der Waals surface area contributed by atoms with E-state index in [2.05, 4.69) is 171 Å². The van der Waals surface area contributed by atoms with Gasteiger partial charge in [-0.25, -0.2) is 12.1 Å². The second-order valence-corrected chi connectivity index (χ2v) is 20.7. The molecule has 3 heteroatoms. The Morgan fingerprint density at radius 1 is 0.571 bits per heavy atom. The van der Waals surface area contributed by atoms with Crippen LogP contribution in [-0.4, -0.2) is 10.3 Å². The fourth-order valence-electron chi connectivity index (χ4n) is 6.92. The first-order chi connectivity index (χ1) is 22.9. The summed E-state index contributed by atoms with van der Waals surface area (Å²) in [5.41, 5.74) is 11.3. The molecule has 0 amide bonds. The van der Waals surface area contributed by atoms with E-state index >= 15 is 0 Å². The third-order valence-electron chi connectivity index (χ3n) is 9.06. The van der Waals surface area contributed by atoms with E-state index < -0.39 is 7.92 Å². The zero-order chi connectivity index (χ0) is 34.3. The summed E-state index contributed by atoms with van der Waals surface area (Å²) >= 11 is 0. The molecular formula is C46H52FeP2. The Bertz CT molecular complexity index is 1780. The van der Waals surface area contributed by atoms with Crippen molar-refractivity contribution < 1.29 is 17.1 Å².